The van der Waals surface area contributed by atoms with Crippen LogP contribution in [0.1, 0.15) is 28.8 Å². The minimum Gasteiger partial charge on any atom is -0.465 e. The van der Waals surface area contributed by atoms with E-state index in [1.165, 1.54) is 25.8 Å². The van der Waals surface area contributed by atoms with Crippen molar-refractivity contribution in [1.82, 2.24) is 0 Å². The first-order chi connectivity index (χ1) is 12.4. The number of rotatable bonds is 7. The molecule has 138 valence electrons. The number of ether oxygens (including phenoxy) is 1. The molecular formula is C18H20N2O5S. The monoisotopic (exact) mass is 376 g/mol. The highest BCUT2D eigenvalue weighted by Crippen LogP contribution is 2.21. The molecule has 0 bridgehead atoms. The highest BCUT2D eigenvalue weighted by molar-refractivity contribution is 7.99. The van der Waals surface area contributed by atoms with Crippen LogP contribution in [0.3, 0.4) is 0 Å². The summed E-state index contributed by atoms with van der Waals surface area (Å²) in [5, 5.41) is 5.43. The maximum Gasteiger partial charge on any atom is 0.341 e. The summed E-state index contributed by atoms with van der Waals surface area (Å²) in [7, 11) is 1.31. The normalized spacial score (nSPS) is 10.3. The Hall–Kier alpha value is -2.74. The fourth-order valence-corrected chi connectivity index (χ4v) is 2.95. The fraction of sp³-hybridized carbons (Fsp3) is 0.278. The molecule has 8 heteroatoms. The maximum atomic E-state index is 12.0. The molecular weight excluding hydrogens is 356 g/mol. The number of nitrogens with one attached hydrogen (secondary N) is 2. The molecule has 0 atom stereocenters. The molecule has 0 spiro atoms. The van der Waals surface area contributed by atoms with E-state index < -0.39 is 5.97 Å². The zero-order valence-electron chi connectivity index (χ0n) is 14.8. The molecule has 0 saturated carbocycles. The summed E-state index contributed by atoms with van der Waals surface area (Å²) in [6.45, 7) is 3.11. The van der Waals surface area contributed by atoms with Gasteiger partial charge in [0.2, 0.25) is 11.8 Å². The van der Waals surface area contributed by atoms with Crippen molar-refractivity contribution in [3.63, 3.8) is 0 Å². The number of benzene rings is 1. The number of carbonyl (C=O) groups excluding carboxylic acids is 3. The number of carbonyl (C=O) groups is 3. The molecule has 0 fully saturated rings. The summed E-state index contributed by atoms with van der Waals surface area (Å²) < 4.78 is 10.2. The van der Waals surface area contributed by atoms with E-state index in [9.17, 15) is 14.4 Å². The first-order valence-corrected chi connectivity index (χ1v) is 8.97. The van der Waals surface area contributed by atoms with Crippen molar-refractivity contribution < 1.29 is 23.5 Å². The number of esters is 1. The predicted octanol–water partition coefficient (Wildman–Crippen LogP) is 3.20. The average Bonchev–Trinajstić information content (AvgIpc) is 2.94. The van der Waals surface area contributed by atoms with Crippen molar-refractivity contribution in [2.24, 2.45) is 0 Å². The Bertz CT molecular complexity index is 816. The van der Waals surface area contributed by atoms with Gasteiger partial charge >= 0.3 is 5.97 Å². The quantitative estimate of drug-likeness (QED) is 0.720. The lowest BCUT2D eigenvalue weighted by Gasteiger charge is -2.07. The van der Waals surface area contributed by atoms with E-state index >= 15 is 0 Å². The van der Waals surface area contributed by atoms with Gasteiger partial charge in [0, 0.05) is 18.3 Å². The van der Waals surface area contributed by atoms with Crippen LogP contribution in [0.4, 0.5) is 11.4 Å². The maximum absolute atomic E-state index is 12.0. The second-order valence-corrected chi connectivity index (χ2v) is 6.46. The van der Waals surface area contributed by atoms with E-state index in [4.69, 9.17) is 4.42 Å². The highest BCUT2D eigenvalue weighted by Gasteiger charge is 2.15. The summed E-state index contributed by atoms with van der Waals surface area (Å²) in [4.78, 5) is 34.7. The Labute approximate surface area is 155 Å². The Morgan fingerprint density at radius 3 is 2.50 bits per heavy atom. The van der Waals surface area contributed by atoms with Gasteiger partial charge in [-0.15, -0.1) is 11.8 Å². The predicted molar refractivity (Wildman–Crippen MR) is 100 cm³/mol. The largest absolute Gasteiger partial charge is 0.465 e. The van der Waals surface area contributed by atoms with Crippen LogP contribution >= 0.6 is 11.8 Å². The van der Waals surface area contributed by atoms with Crippen molar-refractivity contribution >= 4 is 40.9 Å². The number of hydrogen-bond donors (Lipinski definition) is 2. The summed E-state index contributed by atoms with van der Waals surface area (Å²) in [6, 6.07) is 8.54. The van der Waals surface area contributed by atoms with Crippen LogP contribution in [-0.4, -0.2) is 30.6 Å². The summed E-state index contributed by atoms with van der Waals surface area (Å²) in [6.07, 6.45) is 0. The van der Waals surface area contributed by atoms with E-state index in [0.29, 0.717) is 34.2 Å². The van der Waals surface area contributed by atoms with Crippen LogP contribution in [-0.2, 0) is 20.1 Å². The molecule has 1 aromatic heterocycles. The number of anilines is 2. The highest BCUT2D eigenvalue weighted by atomic mass is 32.2. The van der Waals surface area contributed by atoms with E-state index in [1.54, 1.807) is 37.3 Å². The molecule has 1 heterocycles. The molecule has 0 radical (unpaired) electrons. The number of hydrogen-bond acceptors (Lipinski definition) is 6. The first kappa shape index (κ1) is 19.6. The van der Waals surface area contributed by atoms with E-state index in [2.05, 4.69) is 15.4 Å². The number of furan rings is 1. The van der Waals surface area contributed by atoms with Crippen LogP contribution in [0.15, 0.2) is 34.7 Å². The molecule has 0 unspecified atom stereocenters. The van der Waals surface area contributed by atoms with Gasteiger partial charge in [0.25, 0.3) is 0 Å². The van der Waals surface area contributed by atoms with E-state index in [-0.39, 0.29) is 17.6 Å². The molecule has 2 rings (SSSR count). The molecule has 0 aliphatic rings. The van der Waals surface area contributed by atoms with E-state index in [1.807, 2.05) is 0 Å². The first-order valence-electron chi connectivity index (χ1n) is 7.82. The van der Waals surface area contributed by atoms with Crippen LogP contribution in [0, 0.1) is 6.92 Å². The van der Waals surface area contributed by atoms with Gasteiger partial charge in [0.15, 0.2) is 0 Å². The Balaban J connectivity index is 1.84. The van der Waals surface area contributed by atoms with Crippen molar-refractivity contribution in [2.75, 3.05) is 23.5 Å². The molecule has 7 nitrogen and oxygen atoms in total. The summed E-state index contributed by atoms with van der Waals surface area (Å²) in [5.74, 6) is 0.976. The van der Waals surface area contributed by atoms with Crippen LogP contribution in [0.25, 0.3) is 0 Å². The van der Waals surface area contributed by atoms with Gasteiger partial charge in [-0.3, -0.25) is 9.59 Å². The second-order valence-electron chi connectivity index (χ2n) is 5.48. The van der Waals surface area contributed by atoms with Crippen LogP contribution < -0.4 is 10.6 Å². The van der Waals surface area contributed by atoms with Crippen molar-refractivity contribution in [3.05, 3.63) is 47.4 Å². The van der Waals surface area contributed by atoms with Crippen LogP contribution in [0.5, 0.6) is 0 Å². The Morgan fingerprint density at radius 2 is 1.85 bits per heavy atom. The molecule has 0 aliphatic carbocycles. The standard InChI is InChI=1S/C18H20N2O5S/c1-11-16(18(23)24-3)8-15(25-11)9-26-10-17(22)20-14-6-4-5-13(7-14)19-12(2)21/h4-8H,9-10H2,1-3H3,(H,19,21)(H,20,22). The van der Waals surface area contributed by atoms with Gasteiger partial charge < -0.3 is 19.8 Å². The smallest absolute Gasteiger partial charge is 0.341 e. The molecule has 2 aromatic rings. The number of amides is 2. The van der Waals surface area contributed by atoms with Gasteiger partial charge in [-0.2, -0.15) is 0 Å². The third kappa shape index (κ3) is 5.66. The van der Waals surface area contributed by atoms with Crippen molar-refractivity contribution in [1.29, 1.82) is 0 Å². The van der Waals surface area contributed by atoms with Gasteiger partial charge in [-0.05, 0) is 31.2 Å². The second kappa shape index (κ2) is 9.10. The van der Waals surface area contributed by atoms with Crippen molar-refractivity contribution in [2.45, 2.75) is 19.6 Å². The molecule has 26 heavy (non-hydrogen) atoms. The number of thioether (sulfide) groups is 1. The zero-order valence-corrected chi connectivity index (χ0v) is 15.6. The minimum atomic E-state index is -0.445. The fourth-order valence-electron chi connectivity index (χ4n) is 2.25. The van der Waals surface area contributed by atoms with Crippen LogP contribution in [0.2, 0.25) is 0 Å². The summed E-state index contributed by atoms with van der Waals surface area (Å²) in [5.41, 5.74) is 1.61. The molecule has 0 saturated heterocycles. The molecule has 2 N–H and O–H groups in total. The third-order valence-electron chi connectivity index (χ3n) is 3.32. The van der Waals surface area contributed by atoms with Gasteiger partial charge in [0.1, 0.15) is 17.1 Å². The van der Waals surface area contributed by atoms with E-state index in [0.717, 1.165) is 0 Å². The Morgan fingerprint density at radius 1 is 1.15 bits per heavy atom. The molecule has 0 aliphatic heterocycles. The topological polar surface area (TPSA) is 97.6 Å². The molecule has 2 amide bonds. The zero-order chi connectivity index (χ0) is 19.1. The lowest BCUT2D eigenvalue weighted by molar-refractivity contribution is -0.114. The third-order valence-corrected chi connectivity index (χ3v) is 4.27. The lowest BCUT2D eigenvalue weighted by atomic mass is 10.2. The minimum absolute atomic E-state index is 0.175. The van der Waals surface area contributed by atoms with Gasteiger partial charge in [-0.25, -0.2) is 4.79 Å². The average molecular weight is 376 g/mol. The number of methoxy groups -OCH3 is 1. The number of aryl methyl sites for hydroxylation is 1. The lowest BCUT2D eigenvalue weighted by Crippen LogP contribution is -2.14. The van der Waals surface area contributed by atoms with Gasteiger partial charge in [0.05, 0.1) is 18.6 Å². The SMILES string of the molecule is COC(=O)c1cc(CSCC(=O)Nc2cccc(NC(C)=O)c2)oc1C. The summed E-state index contributed by atoms with van der Waals surface area (Å²) >= 11 is 1.36. The van der Waals surface area contributed by atoms with Crippen molar-refractivity contribution in [3.8, 4) is 0 Å². The van der Waals surface area contributed by atoms with Gasteiger partial charge in [-0.1, -0.05) is 6.07 Å². The molecule has 1 aromatic carbocycles. The Kier molecular flexibility index (Phi) is 6.85.